The van der Waals surface area contributed by atoms with Crippen molar-refractivity contribution in [3.05, 3.63) is 65.7 Å². The quantitative estimate of drug-likeness (QED) is 0.696. The normalized spacial score (nSPS) is 19.5. The van der Waals surface area contributed by atoms with Gasteiger partial charge in [-0.25, -0.2) is 0 Å². The molecule has 1 aromatic heterocycles. The molecule has 0 spiro atoms. The van der Waals surface area contributed by atoms with E-state index in [9.17, 15) is 13.2 Å². The maximum atomic E-state index is 13.1. The number of nitrogens with one attached hydrogen (secondary N) is 1. The first-order chi connectivity index (χ1) is 15.4. The van der Waals surface area contributed by atoms with Crippen molar-refractivity contribution < 1.29 is 13.2 Å². The van der Waals surface area contributed by atoms with Crippen molar-refractivity contribution in [3.63, 3.8) is 0 Å². The number of likely N-dealkylation sites (tertiary alicyclic amines) is 1. The van der Waals surface area contributed by atoms with Crippen LogP contribution in [0.5, 0.6) is 0 Å². The van der Waals surface area contributed by atoms with Crippen molar-refractivity contribution in [2.24, 2.45) is 4.99 Å². The van der Waals surface area contributed by atoms with E-state index in [0.29, 0.717) is 0 Å². The number of hydrogen-bond acceptors (Lipinski definition) is 5. The van der Waals surface area contributed by atoms with Gasteiger partial charge >= 0.3 is 6.18 Å². The third-order valence-corrected chi connectivity index (χ3v) is 6.10. The SMILES string of the molecule is CCc1ccncc1N(c1ccc(C(F)(F)F)cc1)C1CCN(C2=CNC(C)N=C2)CC1. The number of aliphatic imine (C=N–C) groups is 1. The molecule has 2 aliphatic rings. The average Bonchev–Trinajstić information content (AvgIpc) is 2.80. The summed E-state index contributed by atoms with van der Waals surface area (Å²) >= 11 is 0. The summed E-state index contributed by atoms with van der Waals surface area (Å²) in [4.78, 5) is 13.2. The predicted octanol–water partition coefficient (Wildman–Crippen LogP) is 5.13. The van der Waals surface area contributed by atoms with Crippen LogP contribution < -0.4 is 10.2 Å². The number of aromatic nitrogens is 1. The van der Waals surface area contributed by atoms with Crippen molar-refractivity contribution in [1.82, 2.24) is 15.2 Å². The predicted molar refractivity (Wildman–Crippen MR) is 121 cm³/mol. The van der Waals surface area contributed by atoms with Gasteiger partial charge in [-0.1, -0.05) is 6.92 Å². The molecule has 170 valence electrons. The molecule has 0 radical (unpaired) electrons. The Kier molecular flexibility index (Phi) is 6.39. The number of allylic oxidation sites excluding steroid dienone is 1. The summed E-state index contributed by atoms with van der Waals surface area (Å²) in [6, 6.07) is 7.61. The number of aryl methyl sites for hydroxylation is 1. The third kappa shape index (κ3) is 4.74. The number of halogens is 3. The fraction of sp³-hybridized carbons (Fsp3) is 0.417. The average molecular weight is 444 g/mol. The van der Waals surface area contributed by atoms with Crippen LogP contribution >= 0.6 is 0 Å². The van der Waals surface area contributed by atoms with Crippen molar-refractivity contribution in [3.8, 4) is 0 Å². The number of benzene rings is 1. The van der Waals surface area contributed by atoms with Crippen LogP contribution in [0, 0.1) is 0 Å². The molecule has 0 aliphatic carbocycles. The number of alkyl halides is 3. The van der Waals surface area contributed by atoms with Gasteiger partial charge in [0.25, 0.3) is 0 Å². The lowest BCUT2D eigenvalue weighted by Crippen LogP contribution is -2.44. The highest BCUT2D eigenvalue weighted by atomic mass is 19.4. The fourth-order valence-corrected chi connectivity index (χ4v) is 4.32. The lowest BCUT2D eigenvalue weighted by atomic mass is 9.99. The van der Waals surface area contributed by atoms with Crippen molar-refractivity contribution in [2.45, 2.75) is 51.5 Å². The largest absolute Gasteiger partial charge is 0.416 e. The maximum Gasteiger partial charge on any atom is 0.416 e. The molecule has 1 atom stereocenters. The Morgan fingerprint density at radius 3 is 2.44 bits per heavy atom. The summed E-state index contributed by atoms with van der Waals surface area (Å²) in [6.45, 7) is 5.77. The van der Waals surface area contributed by atoms with Gasteiger partial charge < -0.3 is 15.1 Å². The molecule has 4 rings (SSSR count). The van der Waals surface area contributed by atoms with Crippen LogP contribution in [0.2, 0.25) is 0 Å². The second-order valence-electron chi connectivity index (χ2n) is 8.18. The second kappa shape index (κ2) is 9.22. The molecular formula is C24H28F3N5. The van der Waals surface area contributed by atoms with E-state index >= 15 is 0 Å². The Morgan fingerprint density at radius 2 is 1.84 bits per heavy atom. The molecule has 1 aromatic carbocycles. The molecule has 5 nitrogen and oxygen atoms in total. The highest BCUT2D eigenvalue weighted by Gasteiger charge is 2.32. The Balaban J connectivity index is 1.60. The fourth-order valence-electron chi connectivity index (χ4n) is 4.32. The van der Waals surface area contributed by atoms with Gasteiger partial charge in [-0.05, 0) is 62.1 Å². The second-order valence-corrected chi connectivity index (χ2v) is 8.18. The number of piperidine rings is 1. The van der Waals surface area contributed by atoms with Gasteiger partial charge in [-0.3, -0.25) is 9.98 Å². The molecule has 0 saturated carbocycles. The number of anilines is 2. The van der Waals surface area contributed by atoms with E-state index in [1.165, 1.54) is 0 Å². The van der Waals surface area contributed by atoms with Gasteiger partial charge in [-0.15, -0.1) is 0 Å². The van der Waals surface area contributed by atoms with Crippen LogP contribution in [0.1, 0.15) is 37.8 Å². The first kappa shape index (κ1) is 22.2. The first-order valence-corrected chi connectivity index (χ1v) is 11.0. The Labute approximate surface area is 186 Å². The number of rotatable bonds is 5. The molecule has 1 N–H and O–H groups in total. The molecule has 2 aliphatic heterocycles. The van der Waals surface area contributed by atoms with Crippen LogP contribution in [-0.4, -0.2) is 41.4 Å². The standard InChI is InChI=1S/C24H28F3N5/c1-3-18-8-11-28-16-23(18)32(20-6-4-19(5-7-20)24(25,26)27)21-9-12-31(13-10-21)22-14-29-17(2)30-15-22/h4-8,11,14-17,21,29H,3,9-10,12-13H2,1-2H3. The first-order valence-electron chi connectivity index (χ1n) is 11.0. The summed E-state index contributed by atoms with van der Waals surface area (Å²) < 4.78 is 39.3. The van der Waals surface area contributed by atoms with Gasteiger partial charge in [-0.2, -0.15) is 13.2 Å². The van der Waals surface area contributed by atoms with E-state index in [4.69, 9.17) is 0 Å². The van der Waals surface area contributed by atoms with E-state index in [1.807, 2.05) is 31.6 Å². The molecule has 1 saturated heterocycles. The molecule has 8 heteroatoms. The van der Waals surface area contributed by atoms with Crippen molar-refractivity contribution in [1.29, 1.82) is 0 Å². The topological polar surface area (TPSA) is 43.8 Å². The zero-order chi connectivity index (χ0) is 22.7. The zero-order valence-corrected chi connectivity index (χ0v) is 18.3. The summed E-state index contributed by atoms with van der Waals surface area (Å²) in [6.07, 6.45) is 5.81. The number of hydrogen-bond donors (Lipinski definition) is 1. The molecule has 3 heterocycles. The van der Waals surface area contributed by atoms with Crippen LogP contribution in [0.4, 0.5) is 24.5 Å². The molecular weight excluding hydrogens is 415 g/mol. The summed E-state index contributed by atoms with van der Waals surface area (Å²) in [7, 11) is 0. The number of pyridine rings is 1. The van der Waals surface area contributed by atoms with Gasteiger partial charge in [0, 0.05) is 43.4 Å². The smallest absolute Gasteiger partial charge is 0.369 e. The minimum Gasteiger partial charge on any atom is -0.369 e. The Bertz CT molecular complexity index is 976. The van der Waals surface area contributed by atoms with Crippen molar-refractivity contribution in [2.75, 3.05) is 18.0 Å². The van der Waals surface area contributed by atoms with E-state index < -0.39 is 11.7 Å². The van der Waals surface area contributed by atoms with Gasteiger partial charge in [0.05, 0.1) is 23.1 Å². The van der Waals surface area contributed by atoms with Gasteiger partial charge in [0.2, 0.25) is 0 Å². The van der Waals surface area contributed by atoms with E-state index in [1.54, 1.807) is 18.3 Å². The highest BCUT2D eigenvalue weighted by molar-refractivity contribution is 5.78. The molecule has 0 amide bonds. The highest BCUT2D eigenvalue weighted by Crippen LogP contribution is 2.37. The minimum absolute atomic E-state index is 0.0875. The monoisotopic (exact) mass is 443 g/mol. The summed E-state index contributed by atoms with van der Waals surface area (Å²) in [5.41, 5.74) is 3.28. The van der Waals surface area contributed by atoms with Gasteiger partial charge in [0.1, 0.15) is 6.17 Å². The van der Waals surface area contributed by atoms with Crippen LogP contribution in [-0.2, 0) is 12.6 Å². The molecule has 1 unspecified atom stereocenters. The number of nitrogens with zero attached hydrogens (tertiary/aromatic N) is 4. The van der Waals surface area contributed by atoms with Crippen LogP contribution in [0.15, 0.2) is 59.6 Å². The van der Waals surface area contributed by atoms with Crippen molar-refractivity contribution >= 4 is 17.6 Å². The zero-order valence-electron chi connectivity index (χ0n) is 18.3. The minimum atomic E-state index is -4.35. The molecule has 1 fully saturated rings. The Hall–Kier alpha value is -3.03. The molecule has 0 bridgehead atoms. The molecule has 2 aromatic rings. The lowest BCUT2D eigenvalue weighted by molar-refractivity contribution is -0.137. The Morgan fingerprint density at radius 1 is 1.12 bits per heavy atom. The van der Waals surface area contributed by atoms with Crippen LogP contribution in [0.25, 0.3) is 0 Å². The third-order valence-electron chi connectivity index (χ3n) is 6.10. The maximum absolute atomic E-state index is 13.1. The van der Waals surface area contributed by atoms with E-state index in [-0.39, 0.29) is 12.2 Å². The van der Waals surface area contributed by atoms with Gasteiger partial charge in [0.15, 0.2) is 0 Å². The van der Waals surface area contributed by atoms with E-state index in [0.717, 1.165) is 67.1 Å². The summed E-state index contributed by atoms with van der Waals surface area (Å²) in [5.74, 6) is 0. The van der Waals surface area contributed by atoms with E-state index in [2.05, 4.69) is 32.0 Å². The molecule has 32 heavy (non-hydrogen) atoms. The van der Waals surface area contributed by atoms with Crippen LogP contribution in [0.3, 0.4) is 0 Å². The lowest BCUT2D eigenvalue weighted by Gasteiger charge is -2.41. The summed E-state index contributed by atoms with van der Waals surface area (Å²) in [5, 5.41) is 3.24.